The average Bonchev–Trinajstić information content (AvgIpc) is 2.67. The van der Waals surface area contributed by atoms with Crippen LogP contribution in [0, 0.1) is 0 Å². The van der Waals surface area contributed by atoms with E-state index in [1.165, 1.54) is 38.2 Å². The quantitative estimate of drug-likeness (QED) is 0.770. The molecule has 0 radical (unpaired) electrons. The molecule has 1 nitrogen and oxygen atoms in total. The van der Waals surface area contributed by atoms with Crippen molar-refractivity contribution in [1.29, 1.82) is 0 Å². The average molecular weight is 215 g/mol. The summed E-state index contributed by atoms with van der Waals surface area (Å²) in [5.74, 6) is 0. The maximum absolute atomic E-state index is 5.76. The summed E-state index contributed by atoms with van der Waals surface area (Å²) in [6, 6.07) is 6.45. The summed E-state index contributed by atoms with van der Waals surface area (Å²) in [6.07, 6.45) is 7.05. The molecular weight excluding hydrogens is 202 g/mol. The summed E-state index contributed by atoms with van der Waals surface area (Å²) in [5, 5.41) is 2.81. The highest BCUT2D eigenvalue weighted by molar-refractivity contribution is 7.17. The highest BCUT2D eigenvalue weighted by atomic mass is 32.1. The van der Waals surface area contributed by atoms with Crippen molar-refractivity contribution in [3.63, 3.8) is 0 Å². The normalized spacial score (nSPS) is 14.5. The van der Waals surface area contributed by atoms with Gasteiger partial charge in [-0.05, 0) is 23.6 Å². The molecule has 0 saturated heterocycles. The molecule has 0 fully saturated rings. The van der Waals surface area contributed by atoms with E-state index in [2.05, 4.69) is 30.4 Å². The minimum Gasteiger partial charge on any atom is -0.326 e. The molecule has 2 aromatic rings. The predicted octanol–water partition coefficient (Wildman–Crippen LogP) is 1.71. The third-order valence-electron chi connectivity index (χ3n) is 2.93. The Labute approximate surface area is 92.5 Å². The van der Waals surface area contributed by atoms with E-state index in [-0.39, 0.29) is 0 Å². The van der Waals surface area contributed by atoms with Crippen molar-refractivity contribution in [1.82, 2.24) is 0 Å². The molecule has 0 atom stereocenters. The molecule has 2 heteroatoms. The van der Waals surface area contributed by atoms with Crippen molar-refractivity contribution >= 4 is 33.6 Å². The Bertz CT molecular complexity index is 622. The number of fused-ring (bicyclic) bond motifs is 3. The number of nitrogens with two attached hydrogens (primary N) is 1. The van der Waals surface area contributed by atoms with Crippen LogP contribution in [0.15, 0.2) is 18.2 Å². The van der Waals surface area contributed by atoms with E-state index in [4.69, 9.17) is 5.73 Å². The lowest BCUT2D eigenvalue weighted by molar-refractivity contribution is 1.09. The van der Waals surface area contributed by atoms with Crippen molar-refractivity contribution in [2.45, 2.75) is 19.4 Å². The molecule has 0 saturated carbocycles. The second-order valence-corrected chi connectivity index (χ2v) is 4.92. The molecule has 1 aromatic carbocycles. The molecule has 15 heavy (non-hydrogen) atoms. The van der Waals surface area contributed by atoms with Gasteiger partial charge in [-0.15, -0.1) is 11.3 Å². The Morgan fingerprint density at radius 1 is 1.20 bits per heavy atom. The molecule has 0 unspecified atom stereocenters. The van der Waals surface area contributed by atoms with Crippen LogP contribution in [0.4, 0.5) is 0 Å². The van der Waals surface area contributed by atoms with E-state index >= 15 is 0 Å². The molecule has 1 heterocycles. The standard InChI is InChI=1S/C13H13NS/c14-8-9-4-3-6-11-10-5-1-2-7-12(10)15-13(9)11/h3-7H,1-2,8,14H2. The van der Waals surface area contributed by atoms with E-state index in [9.17, 15) is 0 Å². The summed E-state index contributed by atoms with van der Waals surface area (Å²) < 4.78 is 2.80. The fourth-order valence-electron chi connectivity index (χ4n) is 2.18. The second-order valence-electron chi connectivity index (χ2n) is 3.86. The molecule has 1 aliphatic carbocycles. The van der Waals surface area contributed by atoms with Crippen molar-refractivity contribution in [3.8, 4) is 0 Å². The lowest BCUT2D eigenvalue weighted by Crippen LogP contribution is -2.20. The van der Waals surface area contributed by atoms with Crippen LogP contribution in [-0.2, 0) is 6.54 Å². The fraction of sp³-hybridized carbons (Fsp3) is 0.231. The van der Waals surface area contributed by atoms with E-state index in [1.807, 2.05) is 11.3 Å². The maximum atomic E-state index is 5.76. The first-order chi connectivity index (χ1) is 7.40. The van der Waals surface area contributed by atoms with E-state index < -0.39 is 0 Å². The molecule has 1 aliphatic rings. The van der Waals surface area contributed by atoms with Crippen molar-refractivity contribution in [2.24, 2.45) is 5.73 Å². The number of hydrogen-bond donors (Lipinski definition) is 1. The second kappa shape index (κ2) is 3.47. The van der Waals surface area contributed by atoms with Crippen LogP contribution in [0.3, 0.4) is 0 Å². The van der Waals surface area contributed by atoms with Crippen LogP contribution < -0.4 is 15.5 Å². The van der Waals surface area contributed by atoms with E-state index in [0.29, 0.717) is 6.54 Å². The Balaban J connectivity index is 2.52. The van der Waals surface area contributed by atoms with Crippen LogP contribution in [0.5, 0.6) is 0 Å². The molecule has 3 rings (SSSR count). The molecule has 0 bridgehead atoms. The monoisotopic (exact) mass is 215 g/mol. The molecule has 0 aliphatic heterocycles. The van der Waals surface area contributed by atoms with E-state index in [0.717, 1.165) is 0 Å². The Morgan fingerprint density at radius 3 is 2.93 bits per heavy atom. The molecular formula is C13H13NS. The molecule has 0 spiro atoms. The Hall–Kier alpha value is -1.12. The number of benzene rings is 1. The van der Waals surface area contributed by atoms with Gasteiger partial charge in [-0.25, -0.2) is 0 Å². The van der Waals surface area contributed by atoms with Crippen molar-refractivity contribution in [2.75, 3.05) is 0 Å². The maximum Gasteiger partial charge on any atom is 0.0400 e. The summed E-state index contributed by atoms with van der Waals surface area (Å²) in [4.78, 5) is 0. The van der Waals surface area contributed by atoms with Crippen molar-refractivity contribution < 1.29 is 0 Å². The third kappa shape index (κ3) is 1.33. The first-order valence-electron chi connectivity index (χ1n) is 5.31. The SMILES string of the molecule is NCc1cccc2c3c(sc12)=CCCC=3. The van der Waals surface area contributed by atoms with Gasteiger partial charge in [0.25, 0.3) is 0 Å². The zero-order valence-electron chi connectivity index (χ0n) is 8.49. The van der Waals surface area contributed by atoms with Gasteiger partial charge in [0.1, 0.15) is 0 Å². The fourth-order valence-corrected chi connectivity index (χ4v) is 3.47. The third-order valence-corrected chi connectivity index (χ3v) is 4.22. The van der Waals surface area contributed by atoms with Crippen LogP contribution in [0.1, 0.15) is 18.4 Å². The van der Waals surface area contributed by atoms with Gasteiger partial charge in [0.15, 0.2) is 0 Å². The Kier molecular flexibility index (Phi) is 2.11. The molecule has 2 N–H and O–H groups in total. The van der Waals surface area contributed by atoms with Gasteiger partial charge in [-0.1, -0.05) is 30.4 Å². The Morgan fingerprint density at radius 2 is 2.07 bits per heavy atom. The highest BCUT2D eigenvalue weighted by Gasteiger charge is 2.06. The largest absolute Gasteiger partial charge is 0.326 e. The van der Waals surface area contributed by atoms with Crippen molar-refractivity contribution in [3.05, 3.63) is 33.5 Å². The highest BCUT2D eigenvalue weighted by Crippen LogP contribution is 2.19. The zero-order chi connectivity index (χ0) is 10.3. The number of hydrogen-bond acceptors (Lipinski definition) is 2. The van der Waals surface area contributed by atoms with Gasteiger partial charge in [-0.2, -0.15) is 0 Å². The van der Waals surface area contributed by atoms with Crippen LogP contribution in [-0.4, -0.2) is 0 Å². The lowest BCUT2D eigenvalue weighted by atomic mass is 10.1. The predicted molar refractivity (Wildman–Crippen MR) is 67.1 cm³/mol. The van der Waals surface area contributed by atoms with Gasteiger partial charge in [0.05, 0.1) is 0 Å². The topological polar surface area (TPSA) is 26.0 Å². The van der Waals surface area contributed by atoms with Crippen LogP contribution in [0.2, 0.25) is 0 Å². The number of rotatable bonds is 1. The summed E-state index contributed by atoms with van der Waals surface area (Å²) in [7, 11) is 0. The summed E-state index contributed by atoms with van der Waals surface area (Å²) in [6.45, 7) is 0.636. The minimum atomic E-state index is 0.636. The smallest absolute Gasteiger partial charge is 0.0400 e. The van der Waals surface area contributed by atoms with Gasteiger partial charge in [-0.3, -0.25) is 0 Å². The summed E-state index contributed by atoms with van der Waals surface area (Å²) >= 11 is 1.88. The molecule has 76 valence electrons. The van der Waals surface area contributed by atoms with Crippen LogP contribution in [0.25, 0.3) is 22.2 Å². The number of thiophene rings is 1. The molecule has 0 amide bonds. The van der Waals surface area contributed by atoms with Gasteiger partial charge in [0.2, 0.25) is 0 Å². The first kappa shape index (κ1) is 9.13. The van der Waals surface area contributed by atoms with E-state index in [1.54, 1.807) is 0 Å². The van der Waals surface area contributed by atoms with Gasteiger partial charge < -0.3 is 5.73 Å². The minimum absolute atomic E-state index is 0.636. The van der Waals surface area contributed by atoms with Gasteiger partial charge in [0, 0.05) is 21.2 Å². The first-order valence-corrected chi connectivity index (χ1v) is 6.12. The molecule has 1 aromatic heterocycles. The van der Waals surface area contributed by atoms with Gasteiger partial charge >= 0.3 is 0 Å². The van der Waals surface area contributed by atoms with Crippen LogP contribution >= 0.6 is 11.3 Å². The summed E-state index contributed by atoms with van der Waals surface area (Å²) in [5.41, 5.74) is 7.03. The lowest BCUT2D eigenvalue weighted by Gasteiger charge is -1.97. The zero-order valence-corrected chi connectivity index (χ0v) is 9.31.